The van der Waals surface area contributed by atoms with Gasteiger partial charge in [0.1, 0.15) is 0 Å². The highest BCUT2D eigenvalue weighted by atomic mass is 15.2. The second-order valence-corrected chi connectivity index (χ2v) is 2.39. The summed E-state index contributed by atoms with van der Waals surface area (Å²) in [6.07, 6.45) is 3.45. The smallest absolute Gasteiger partial charge is 0.0608 e. The minimum absolute atomic E-state index is 0.517. The molecule has 0 radical (unpaired) electrons. The van der Waals surface area contributed by atoms with Gasteiger partial charge in [-0.1, -0.05) is 13.2 Å². The molecular weight excluding hydrogens is 138 g/mol. The number of nitrogens with two attached hydrogens (primary N) is 1. The normalized spacial score (nSPS) is 11.9. The Morgan fingerprint density at radius 2 is 2.45 bits per heavy atom. The molecule has 0 saturated heterocycles. The summed E-state index contributed by atoms with van der Waals surface area (Å²) >= 11 is 0. The van der Waals surface area contributed by atoms with Crippen molar-refractivity contribution in [2.75, 3.05) is 0 Å². The molecule has 0 unspecified atom stereocenters. The van der Waals surface area contributed by atoms with Gasteiger partial charge in [-0.15, -0.1) is 0 Å². The number of rotatable bonds is 1. The molecule has 1 heterocycles. The van der Waals surface area contributed by atoms with E-state index in [1.54, 1.807) is 17.0 Å². The van der Waals surface area contributed by atoms with Crippen LogP contribution >= 0.6 is 0 Å². The number of aromatic nitrogens is 2. The lowest BCUT2D eigenvalue weighted by Crippen LogP contribution is -2.26. The van der Waals surface area contributed by atoms with Crippen LogP contribution in [0.1, 0.15) is 0 Å². The lowest BCUT2D eigenvalue weighted by molar-refractivity contribution is 0.744. The van der Waals surface area contributed by atoms with Gasteiger partial charge in [0.15, 0.2) is 0 Å². The molecule has 0 aromatic carbocycles. The first kappa shape index (κ1) is 7.60. The van der Waals surface area contributed by atoms with Crippen LogP contribution in [0.25, 0.3) is 12.7 Å². The van der Waals surface area contributed by atoms with E-state index in [1.807, 2.05) is 7.05 Å². The minimum atomic E-state index is 0.517. The van der Waals surface area contributed by atoms with E-state index in [9.17, 15) is 0 Å². The van der Waals surface area contributed by atoms with E-state index >= 15 is 0 Å². The van der Waals surface area contributed by atoms with Crippen molar-refractivity contribution in [1.29, 1.82) is 0 Å². The molecule has 3 nitrogen and oxygen atoms in total. The monoisotopic (exact) mass is 149 g/mol. The molecule has 0 aliphatic heterocycles. The Morgan fingerprint density at radius 1 is 1.82 bits per heavy atom. The van der Waals surface area contributed by atoms with Gasteiger partial charge in [-0.25, -0.2) is 0 Å². The average Bonchev–Trinajstić information content (AvgIpc) is 2.18. The minimum Gasteiger partial charge on any atom is -0.399 e. The second-order valence-electron chi connectivity index (χ2n) is 2.39. The van der Waals surface area contributed by atoms with Crippen molar-refractivity contribution in [3.63, 3.8) is 0 Å². The van der Waals surface area contributed by atoms with Crippen molar-refractivity contribution in [1.82, 2.24) is 9.78 Å². The van der Waals surface area contributed by atoms with Gasteiger partial charge in [0.25, 0.3) is 0 Å². The van der Waals surface area contributed by atoms with Gasteiger partial charge in [0.2, 0.25) is 0 Å². The lowest BCUT2D eigenvalue weighted by Gasteiger charge is -1.84. The Morgan fingerprint density at radius 3 is 2.82 bits per heavy atom. The zero-order valence-electron chi connectivity index (χ0n) is 6.54. The zero-order valence-corrected chi connectivity index (χ0v) is 6.54. The van der Waals surface area contributed by atoms with Crippen LogP contribution < -0.4 is 16.3 Å². The average molecular weight is 149 g/mol. The molecule has 0 atom stereocenters. The van der Waals surface area contributed by atoms with Crippen molar-refractivity contribution in [3.05, 3.63) is 29.0 Å². The summed E-state index contributed by atoms with van der Waals surface area (Å²) in [4.78, 5) is 0. The fraction of sp³-hybridized carbons (Fsp3) is 0.125. The third-order valence-corrected chi connectivity index (χ3v) is 1.43. The molecule has 0 saturated carbocycles. The number of nitrogens with zero attached hydrogens (tertiary/aromatic N) is 2. The summed E-state index contributed by atoms with van der Waals surface area (Å²) in [5.74, 6) is 0. The first-order valence-electron chi connectivity index (χ1n) is 3.24. The Balaban J connectivity index is 3.37. The SMILES string of the molecule is C=C(N)/C=c1/cnn(C)c1=C. The van der Waals surface area contributed by atoms with Crippen LogP contribution in [0.4, 0.5) is 0 Å². The first-order chi connectivity index (χ1) is 5.11. The zero-order chi connectivity index (χ0) is 8.43. The Kier molecular flexibility index (Phi) is 1.81. The molecule has 58 valence electrons. The predicted octanol–water partition coefficient (Wildman–Crippen LogP) is -0.917. The van der Waals surface area contributed by atoms with Gasteiger partial charge in [-0.2, -0.15) is 5.10 Å². The molecule has 0 aliphatic carbocycles. The third kappa shape index (κ3) is 1.49. The molecule has 2 N–H and O–H groups in total. The molecule has 0 spiro atoms. The quantitative estimate of drug-likeness (QED) is 0.561. The molecule has 11 heavy (non-hydrogen) atoms. The summed E-state index contributed by atoms with van der Waals surface area (Å²) in [5.41, 5.74) is 5.90. The lowest BCUT2D eigenvalue weighted by atomic mass is 10.3. The van der Waals surface area contributed by atoms with Gasteiger partial charge in [0.05, 0.1) is 11.5 Å². The number of aryl methyl sites for hydroxylation is 1. The van der Waals surface area contributed by atoms with Crippen LogP contribution in [0, 0.1) is 0 Å². The van der Waals surface area contributed by atoms with Crippen LogP contribution in [0.3, 0.4) is 0 Å². The van der Waals surface area contributed by atoms with Crippen LogP contribution in [0.2, 0.25) is 0 Å². The molecule has 1 aromatic heterocycles. The van der Waals surface area contributed by atoms with E-state index in [2.05, 4.69) is 18.3 Å². The topological polar surface area (TPSA) is 43.8 Å². The molecule has 1 aromatic rings. The van der Waals surface area contributed by atoms with E-state index in [0.717, 1.165) is 10.6 Å². The first-order valence-corrected chi connectivity index (χ1v) is 3.24. The molecule has 0 fully saturated rings. The summed E-state index contributed by atoms with van der Waals surface area (Å²) in [7, 11) is 1.83. The van der Waals surface area contributed by atoms with Gasteiger partial charge >= 0.3 is 0 Å². The van der Waals surface area contributed by atoms with E-state index in [0.29, 0.717) is 5.70 Å². The van der Waals surface area contributed by atoms with Gasteiger partial charge in [-0.05, 0) is 6.08 Å². The van der Waals surface area contributed by atoms with E-state index in [1.165, 1.54) is 0 Å². The molecule has 0 amide bonds. The van der Waals surface area contributed by atoms with Crippen molar-refractivity contribution in [2.24, 2.45) is 12.8 Å². The summed E-state index contributed by atoms with van der Waals surface area (Å²) in [5, 5.41) is 5.76. The third-order valence-electron chi connectivity index (χ3n) is 1.43. The Labute approximate surface area is 65.1 Å². The van der Waals surface area contributed by atoms with E-state index in [-0.39, 0.29) is 0 Å². The molecule has 1 rings (SSSR count). The van der Waals surface area contributed by atoms with Gasteiger partial charge in [-0.3, -0.25) is 4.68 Å². The van der Waals surface area contributed by atoms with Crippen molar-refractivity contribution in [3.8, 4) is 0 Å². The van der Waals surface area contributed by atoms with Crippen molar-refractivity contribution < 1.29 is 0 Å². The molecule has 3 heteroatoms. The maximum absolute atomic E-state index is 5.39. The molecule has 0 aliphatic rings. The van der Waals surface area contributed by atoms with Crippen molar-refractivity contribution in [2.45, 2.75) is 0 Å². The van der Waals surface area contributed by atoms with Gasteiger partial charge in [0, 0.05) is 18.0 Å². The maximum atomic E-state index is 5.39. The second kappa shape index (κ2) is 2.62. The van der Waals surface area contributed by atoms with Gasteiger partial charge < -0.3 is 5.73 Å². The fourth-order valence-electron chi connectivity index (χ4n) is 0.800. The number of hydrogen-bond acceptors (Lipinski definition) is 2. The molecule has 0 bridgehead atoms. The largest absolute Gasteiger partial charge is 0.399 e. The number of hydrogen-bond donors (Lipinski definition) is 1. The highest BCUT2D eigenvalue weighted by Gasteiger charge is 1.88. The van der Waals surface area contributed by atoms with Crippen LogP contribution in [-0.2, 0) is 7.05 Å². The number of allylic oxidation sites excluding steroid dienone is 1. The van der Waals surface area contributed by atoms with E-state index in [4.69, 9.17) is 5.73 Å². The summed E-state index contributed by atoms with van der Waals surface area (Å²) < 4.78 is 1.69. The predicted molar refractivity (Wildman–Crippen MR) is 45.8 cm³/mol. The fourth-order valence-corrected chi connectivity index (χ4v) is 0.800. The highest BCUT2D eigenvalue weighted by molar-refractivity contribution is 5.41. The Bertz CT molecular complexity index is 373. The van der Waals surface area contributed by atoms with E-state index < -0.39 is 0 Å². The van der Waals surface area contributed by atoms with Crippen LogP contribution in [0.5, 0.6) is 0 Å². The van der Waals surface area contributed by atoms with Crippen LogP contribution in [0.15, 0.2) is 18.5 Å². The summed E-state index contributed by atoms with van der Waals surface area (Å²) in [6.45, 7) is 7.36. The van der Waals surface area contributed by atoms with Crippen molar-refractivity contribution >= 4 is 12.7 Å². The molecular formula is C8H11N3. The Hall–Kier alpha value is -1.51. The van der Waals surface area contributed by atoms with Crippen LogP contribution in [-0.4, -0.2) is 9.78 Å². The highest BCUT2D eigenvalue weighted by Crippen LogP contribution is 1.74. The maximum Gasteiger partial charge on any atom is 0.0608 e. The summed E-state index contributed by atoms with van der Waals surface area (Å²) in [6, 6.07) is 0. The standard InChI is InChI=1S/C8H11N3/c1-6(9)4-8-5-10-11(3)7(8)2/h4-5H,1-2,9H2,3H3/b8-4-.